The second-order valence-corrected chi connectivity index (χ2v) is 7.10. The van der Waals surface area contributed by atoms with Crippen molar-refractivity contribution in [2.45, 2.75) is 38.8 Å². The molecule has 1 aliphatic heterocycles. The van der Waals surface area contributed by atoms with Gasteiger partial charge in [0, 0.05) is 19.5 Å². The first-order valence-electron chi connectivity index (χ1n) is 9.39. The summed E-state index contributed by atoms with van der Waals surface area (Å²) in [6.07, 6.45) is 1.52. The van der Waals surface area contributed by atoms with Crippen LogP contribution in [0.25, 0.3) is 0 Å². The Morgan fingerprint density at radius 2 is 1.71 bits per heavy atom. The van der Waals surface area contributed by atoms with Crippen LogP contribution in [0.2, 0.25) is 0 Å². The fourth-order valence-corrected chi connectivity index (χ4v) is 3.36. The number of hydrogen-bond acceptors (Lipinski definition) is 3. The molecule has 1 heterocycles. The number of carbonyl (C=O) groups excluding carboxylic acids is 2. The molecule has 3 rings (SSSR count). The van der Waals surface area contributed by atoms with Gasteiger partial charge in [0.05, 0.1) is 5.56 Å². The molecule has 0 aliphatic carbocycles. The minimum Gasteiger partial charge on any atom is -0.478 e. The molecule has 2 amide bonds. The van der Waals surface area contributed by atoms with E-state index in [0.717, 1.165) is 16.7 Å². The second kappa shape index (κ2) is 8.69. The van der Waals surface area contributed by atoms with E-state index < -0.39 is 12.0 Å². The Labute approximate surface area is 164 Å². The summed E-state index contributed by atoms with van der Waals surface area (Å²) < 4.78 is 0. The largest absolute Gasteiger partial charge is 0.478 e. The molecule has 0 saturated carbocycles. The lowest BCUT2D eigenvalue weighted by atomic mass is 10.1. The Balaban J connectivity index is 1.54. The van der Waals surface area contributed by atoms with E-state index in [0.29, 0.717) is 32.4 Å². The molecule has 0 spiro atoms. The number of nitrogens with one attached hydrogen (secondary N) is 1. The van der Waals surface area contributed by atoms with Crippen LogP contribution in [-0.2, 0) is 22.6 Å². The van der Waals surface area contributed by atoms with Crippen LogP contribution in [-0.4, -0.2) is 40.4 Å². The Hall–Kier alpha value is -3.15. The van der Waals surface area contributed by atoms with Crippen molar-refractivity contribution in [3.63, 3.8) is 0 Å². The molecule has 2 aromatic rings. The van der Waals surface area contributed by atoms with Crippen molar-refractivity contribution in [3.05, 3.63) is 70.8 Å². The quantitative estimate of drug-likeness (QED) is 0.773. The molecule has 1 fully saturated rings. The zero-order valence-electron chi connectivity index (χ0n) is 15.9. The van der Waals surface area contributed by atoms with Gasteiger partial charge in [-0.25, -0.2) is 4.79 Å². The number of carboxylic acid groups (broad SMARTS) is 1. The molecule has 0 aromatic heterocycles. The standard InChI is InChI=1S/C22H24N2O4/c1-15-2-4-17(5-3-15)14-24-19(10-11-20(24)25)21(26)23-13-12-16-6-8-18(9-7-16)22(27)28/h2-9,19H,10-14H2,1H3,(H,23,26)(H,27,28)/t19-/m0/s1. The molecular weight excluding hydrogens is 356 g/mol. The number of nitrogens with zero attached hydrogens (tertiary/aromatic N) is 1. The molecule has 1 aliphatic rings. The molecule has 6 heteroatoms. The minimum atomic E-state index is -0.959. The highest BCUT2D eigenvalue weighted by molar-refractivity contribution is 5.91. The number of aromatic carboxylic acids is 1. The number of likely N-dealkylation sites (tertiary alicyclic amines) is 1. The summed E-state index contributed by atoms with van der Waals surface area (Å²) in [5.74, 6) is -1.09. The molecule has 146 valence electrons. The summed E-state index contributed by atoms with van der Waals surface area (Å²) in [4.78, 5) is 37.4. The second-order valence-electron chi connectivity index (χ2n) is 7.10. The van der Waals surface area contributed by atoms with Gasteiger partial charge in [-0.1, -0.05) is 42.0 Å². The van der Waals surface area contributed by atoms with E-state index in [1.54, 1.807) is 29.2 Å². The van der Waals surface area contributed by atoms with Crippen LogP contribution in [0, 0.1) is 6.92 Å². The summed E-state index contributed by atoms with van der Waals surface area (Å²) in [7, 11) is 0. The van der Waals surface area contributed by atoms with Crippen LogP contribution < -0.4 is 5.32 Å². The lowest BCUT2D eigenvalue weighted by molar-refractivity contribution is -0.135. The van der Waals surface area contributed by atoms with E-state index >= 15 is 0 Å². The van der Waals surface area contributed by atoms with Gasteiger partial charge in [0.15, 0.2) is 0 Å². The average molecular weight is 380 g/mol. The predicted octanol–water partition coefficient (Wildman–Crippen LogP) is 2.54. The lowest BCUT2D eigenvalue weighted by Crippen LogP contribution is -2.44. The highest BCUT2D eigenvalue weighted by Crippen LogP contribution is 2.22. The lowest BCUT2D eigenvalue weighted by Gasteiger charge is -2.24. The van der Waals surface area contributed by atoms with Crippen molar-refractivity contribution in [3.8, 4) is 0 Å². The Morgan fingerprint density at radius 3 is 2.36 bits per heavy atom. The van der Waals surface area contributed by atoms with Gasteiger partial charge < -0.3 is 15.3 Å². The zero-order valence-corrected chi connectivity index (χ0v) is 15.9. The maximum atomic E-state index is 12.6. The highest BCUT2D eigenvalue weighted by Gasteiger charge is 2.35. The van der Waals surface area contributed by atoms with Crippen molar-refractivity contribution in [2.75, 3.05) is 6.54 Å². The number of carbonyl (C=O) groups is 3. The maximum absolute atomic E-state index is 12.6. The monoisotopic (exact) mass is 380 g/mol. The van der Waals surface area contributed by atoms with E-state index in [-0.39, 0.29) is 17.4 Å². The van der Waals surface area contributed by atoms with Crippen molar-refractivity contribution < 1.29 is 19.5 Å². The molecule has 1 saturated heterocycles. The summed E-state index contributed by atoms with van der Waals surface area (Å²) in [5.41, 5.74) is 3.35. The zero-order chi connectivity index (χ0) is 20.1. The van der Waals surface area contributed by atoms with Crippen LogP contribution in [0.3, 0.4) is 0 Å². The number of hydrogen-bond donors (Lipinski definition) is 2. The molecule has 2 N–H and O–H groups in total. The van der Waals surface area contributed by atoms with Gasteiger partial charge in [-0.3, -0.25) is 9.59 Å². The van der Waals surface area contributed by atoms with Crippen LogP contribution in [0.1, 0.15) is 39.9 Å². The van der Waals surface area contributed by atoms with Crippen LogP contribution in [0.4, 0.5) is 0 Å². The molecule has 28 heavy (non-hydrogen) atoms. The van der Waals surface area contributed by atoms with Gasteiger partial charge in [0.2, 0.25) is 11.8 Å². The van der Waals surface area contributed by atoms with Crippen LogP contribution in [0.15, 0.2) is 48.5 Å². The normalized spacial score (nSPS) is 16.2. The first-order chi connectivity index (χ1) is 13.4. The van der Waals surface area contributed by atoms with Gasteiger partial charge >= 0.3 is 5.97 Å². The predicted molar refractivity (Wildman–Crippen MR) is 105 cm³/mol. The van der Waals surface area contributed by atoms with Crippen molar-refractivity contribution in [1.82, 2.24) is 10.2 Å². The number of carboxylic acids is 1. The third-order valence-electron chi connectivity index (χ3n) is 5.02. The first-order valence-corrected chi connectivity index (χ1v) is 9.39. The molecular formula is C22H24N2O4. The van der Waals surface area contributed by atoms with Crippen molar-refractivity contribution in [1.29, 1.82) is 0 Å². The summed E-state index contributed by atoms with van der Waals surface area (Å²) in [6.45, 7) is 2.89. The van der Waals surface area contributed by atoms with E-state index in [1.807, 2.05) is 31.2 Å². The van der Waals surface area contributed by atoms with Gasteiger partial charge in [-0.15, -0.1) is 0 Å². The third-order valence-corrected chi connectivity index (χ3v) is 5.02. The number of amides is 2. The van der Waals surface area contributed by atoms with E-state index in [4.69, 9.17) is 5.11 Å². The number of aryl methyl sites for hydroxylation is 1. The molecule has 0 bridgehead atoms. The van der Waals surface area contributed by atoms with Gasteiger partial charge in [-0.2, -0.15) is 0 Å². The van der Waals surface area contributed by atoms with Crippen molar-refractivity contribution >= 4 is 17.8 Å². The van der Waals surface area contributed by atoms with Crippen molar-refractivity contribution in [2.24, 2.45) is 0 Å². The van der Waals surface area contributed by atoms with Gasteiger partial charge in [0.1, 0.15) is 6.04 Å². The van der Waals surface area contributed by atoms with E-state index in [9.17, 15) is 14.4 Å². The highest BCUT2D eigenvalue weighted by atomic mass is 16.4. The number of benzene rings is 2. The SMILES string of the molecule is Cc1ccc(CN2C(=O)CC[C@H]2C(=O)NCCc2ccc(C(=O)O)cc2)cc1. The molecule has 0 radical (unpaired) electrons. The summed E-state index contributed by atoms with van der Waals surface area (Å²) in [6, 6.07) is 14.1. The Bertz CT molecular complexity index is 859. The molecule has 2 aromatic carbocycles. The summed E-state index contributed by atoms with van der Waals surface area (Å²) in [5, 5.41) is 11.8. The van der Waals surface area contributed by atoms with Gasteiger partial charge in [-0.05, 0) is 43.0 Å². The van der Waals surface area contributed by atoms with E-state index in [2.05, 4.69) is 5.32 Å². The Morgan fingerprint density at radius 1 is 1.07 bits per heavy atom. The number of rotatable bonds is 7. The first kappa shape index (κ1) is 19.6. The Kier molecular flexibility index (Phi) is 6.09. The molecule has 1 atom stereocenters. The van der Waals surface area contributed by atoms with Crippen LogP contribution in [0.5, 0.6) is 0 Å². The summed E-state index contributed by atoms with van der Waals surface area (Å²) >= 11 is 0. The molecule has 6 nitrogen and oxygen atoms in total. The fourth-order valence-electron chi connectivity index (χ4n) is 3.36. The van der Waals surface area contributed by atoms with Crippen LogP contribution >= 0.6 is 0 Å². The maximum Gasteiger partial charge on any atom is 0.335 e. The molecule has 0 unspecified atom stereocenters. The van der Waals surface area contributed by atoms with E-state index in [1.165, 1.54) is 0 Å². The fraction of sp³-hybridized carbons (Fsp3) is 0.318. The third kappa shape index (κ3) is 4.76. The topological polar surface area (TPSA) is 86.7 Å². The van der Waals surface area contributed by atoms with Gasteiger partial charge in [0.25, 0.3) is 0 Å². The smallest absolute Gasteiger partial charge is 0.335 e. The minimum absolute atomic E-state index is 0.00462. The average Bonchev–Trinajstić information content (AvgIpc) is 3.04.